The van der Waals surface area contributed by atoms with E-state index in [-0.39, 0.29) is 88.4 Å². The SMILES string of the molecule is CCSCC(NC(=O)COCCCCC(CCCOCC(=O)NC(CSSC)C(=O)O)COCC(CCCCOCC(=O)NC(CCSSC)C(=O)O)CCCOCC(=O)NC(CSSC)C(=O)O)C(=O)O. The second-order valence-electron chi connectivity index (χ2n) is 15.9. The highest BCUT2D eigenvalue weighted by Crippen LogP contribution is 2.22. The number of carboxylic acids is 4. The van der Waals surface area contributed by atoms with Crippen LogP contribution in [0, 0.1) is 11.8 Å². The summed E-state index contributed by atoms with van der Waals surface area (Å²) in [5.41, 5.74) is 0. The van der Waals surface area contributed by atoms with E-state index in [4.69, 9.17) is 23.7 Å². The van der Waals surface area contributed by atoms with Gasteiger partial charge >= 0.3 is 23.9 Å². The van der Waals surface area contributed by atoms with Crippen LogP contribution < -0.4 is 21.3 Å². The molecule has 28 heteroatoms. The number of hydrogen-bond donors (Lipinski definition) is 8. The van der Waals surface area contributed by atoms with Crippen LogP contribution in [-0.2, 0) is 62.0 Å². The molecule has 0 aliphatic carbocycles. The standard InChI is InChI=1S/C44H78N4O17S7/c1-5-69-28-34(42(55)56)46-38(50)25-62-18-9-7-13-32(15-11-20-64-27-40(52)48-36(44(59)60)30-72-68-4)23-65-22-31(14-10-19-63-26-39(51)47-35(43(57)58)29-71-67-3)12-6-8-17-61-24-37(49)45-33(41(53)54)16-21-70-66-2/h31-36H,5-30H2,1-4H3,(H,45,49)(H,46,50)(H,47,51)(H,48,52)(H,53,54)(H,55,56)(H,57,58)(H,59,60). The summed E-state index contributed by atoms with van der Waals surface area (Å²) in [5, 5.41) is 47.7. The summed E-state index contributed by atoms with van der Waals surface area (Å²) in [6, 6.07) is -4.08. The molecule has 21 nitrogen and oxygen atoms in total. The lowest BCUT2D eigenvalue weighted by Gasteiger charge is -2.21. The van der Waals surface area contributed by atoms with Crippen molar-refractivity contribution in [2.24, 2.45) is 11.8 Å². The number of ether oxygens (including phenoxy) is 5. The van der Waals surface area contributed by atoms with Crippen molar-refractivity contribution in [2.75, 3.05) is 114 Å². The molecule has 72 heavy (non-hydrogen) atoms. The van der Waals surface area contributed by atoms with Gasteiger partial charge in [-0.25, -0.2) is 19.2 Å². The minimum atomic E-state index is -1.13. The molecular formula is C44H78N4O17S7. The molecule has 0 heterocycles. The van der Waals surface area contributed by atoms with Crippen molar-refractivity contribution in [1.29, 1.82) is 0 Å². The minimum absolute atomic E-state index is 0.0773. The number of nitrogens with one attached hydrogen (secondary N) is 4. The molecule has 0 aliphatic heterocycles. The number of carboxylic acid groups (broad SMARTS) is 4. The summed E-state index contributed by atoms with van der Waals surface area (Å²) in [6.45, 7) is 2.67. The summed E-state index contributed by atoms with van der Waals surface area (Å²) >= 11 is 1.41. The van der Waals surface area contributed by atoms with Crippen LogP contribution in [0.3, 0.4) is 0 Å². The number of carbonyl (C=O) groups is 8. The average Bonchev–Trinajstić information content (AvgIpc) is 3.33. The van der Waals surface area contributed by atoms with E-state index in [0.29, 0.717) is 57.5 Å². The first-order chi connectivity index (χ1) is 34.6. The maximum Gasteiger partial charge on any atom is 0.327 e. The van der Waals surface area contributed by atoms with E-state index in [1.807, 2.05) is 25.7 Å². The average molecular weight is 1160 g/mol. The molecule has 0 saturated heterocycles. The smallest absolute Gasteiger partial charge is 0.327 e. The Morgan fingerprint density at radius 3 is 1.10 bits per heavy atom. The summed E-state index contributed by atoms with van der Waals surface area (Å²) < 4.78 is 28.6. The van der Waals surface area contributed by atoms with Crippen molar-refractivity contribution in [3.63, 3.8) is 0 Å². The molecule has 6 unspecified atom stereocenters. The number of thioether (sulfide) groups is 1. The molecule has 0 spiro atoms. The number of amides is 4. The topological polar surface area (TPSA) is 312 Å². The van der Waals surface area contributed by atoms with Crippen molar-refractivity contribution < 1.29 is 82.5 Å². The number of aliphatic carboxylic acids is 4. The van der Waals surface area contributed by atoms with Crippen LogP contribution in [0.25, 0.3) is 0 Å². The van der Waals surface area contributed by atoms with E-state index < -0.39 is 71.7 Å². The lowest BCUT2D eigenvalue weighted by molar-refractivity contribution is -0.142. The van der Waals surface area contributed by atoms with Crippen LogP contribution in [0.15, 0.2) is 0 Å². The van der Waals surface area contributed by atoms with Crippen molar-refractivity contribution in [3.8, 4) is 0 Å². The maximum atomic E-state index is 12.4. The molecule has 6 atom stereocenters. The molecule has 0 saturated carbocycles. The van der Waals surface area contributed by atoms with Crippen LogP contribution in [0.1, 0.15) is 77.6 Å². The van der Waals surface area contributed by atoms with E-state index in [1.54, 1.807) is 0 Å². The molecule has 0 fully saturated rings. The summed E-state index contributed by atoms with van der Waals surface area (Å²) in [6.07, 6.45) is 12.6. The molecule has 0 aliphatic rings. The lowest BCUT2D eigenvalue weighted by atomic mass is 9.96. The van der Waals surface area contributed by atoms with Gasteiger partial charge in [0.05, 0.1) is 0 Å². The fourth-order valence-corrected chi connectivity index (χ4v) is 11.0. The first-order valence-electron chi connectivity index (χ1n) is 23.6. The van der Waals surface area contributed by atoms with Gasteiger partial charge in [0.1, 0.15) is 50.6 Å². The Morgan fingerprint density at radius 2 is 0.750 bits per heavy atom. The van der Waals surface area contributed by atoms with Crippen LogP contribution in [0.2, 0.25) is 0 Å². The van der Waals surface area contributed by atoms with Crippen molar-refractivity contribution in [1.82, 2.24) is 21.3 Å². The molecule has 0 bridgehead atoms. The van der Waals surface area contributed by atoms with Gasteiger partial charge < -0.3 is 65.4 Å². The van der Waals surface area contributed by atoms with Gasteiger partial charge in [0.15, 0.2) is 0 Å². The third-order valence-electron chi connectivity index (χ3n) is 10.1. The van der Waals surface area contributed by atoms with Gasteiger partial charge in [0.25, 0.3) is 0 Å². The summed E-state index contributed by atoms with van der Waals surface area (Å²) in [5.74, 6) is -4.43. The van der Waals surface area contributed by atoms with Gasteiger partial charge in [0, 0.05) is 62.7 Å². The third-order valence-corrected chi connectivity index (χ3v) is 16.5. The Labute approximate surface area is 452 Å². The zero-order chi connectivity index (χ0) is 53.8. The molecule has 4 amide bonds. The number of rotatable bonds is 51. The Hall–Kier alpha value is -1.99. The van der Waals surface area contributed by atoms with Crippen molar-refractivity contribution >= 4 is 124 Å². The Bertz CT molecular complexity index is 1530. The van der Waals surface area contributed by atoms with Crippen LogP contribution in [-0.4, -0.2) is 206 Å². The van der Waals surface area contributed by atoms with E-state index in [1.165, 1.54) is 76.5 Å². The minimum Gasteiger partial charge on any atom is -0.480 e. The third kappa shape index (κ3) is 40.3. The van der Waals surface area contributed by atoms with Crippen LogP contribution in [0.4, 0.5) is 0 Å². The number of hydrogen-bond acceptors (Lipinski definition) is 20. The lowest BCUT2D eigenvalue weighted by Crippen LogP contribution is -2.44. The summed E-state index contributed by atoms with van der Waals surface area (Å²) in [7, 11) is 8.48. The normalized spacial score (nSPS) is 13.8. The van der Waals surface area contributed by atoms with E-state index in [0.717, 1.165) is 31.4 Å². The second kappa shape index (κ2) is 47.5. The van der Waals surface area contributed by atoms with Crippen LogP contribution in [0.5, 0.6) is 0 Å². The monoisotopic (exact) mass is 1160 g/mol. The molecule has 0 aromatic carbocycles. The van der Waals surface area contributed by atoms with Crippen molar-refractivity contribution in [2.45, 2.75) is 102 Å². The molecule has 8 N–H and O–H groups in total. The van der Waals surface area contributed by atoms with E-state index >= 15 is 0 Å². The fraction of sp³-hybridized carbons (Fsp3) is 0.818. The molecule has 0 aromatic rings. The number of carbonyl (C=O) groups excluding carboxylic acids is 4. The predicted molar refractivity (Wildman–Crippen MR) is 291 cm³/mol. The fourth-order valence-electron chi connectivity index (χ4n) is 6.39. The van der Waals surface area contributed by atoms with Gasteiger partial charge in [-0.15, -0.1) is 0 Å². The molecule has 0 radical (unpaired) electrons. The molecular weight excluding hydrogens is 1080 g/mol. The predicted octanol–water partition coefficient (Wildman–Crippen LogP) is 4.66. The van der Waals surface area contributed by atoms with Crippen LogP contribution >= 0.6 is 76.5 Å². The number of unbranched alkanes of at least 4 members (excludes halogenated alkanes) is 2. The zero-order valence-electron chi connectivity index (χ0n) is 41.8. The highest BCUT2D eigenvalue weighted by Gasteiger charge is 2.23. The van der Waals surface area contributed by atoms with Gasteiger partial charge in [-0.3, -0.25) is 19.2 Å². The van der Waals surface area contributed by atoms with E-state index in [9.17, 15) is 58.8 Å². The van der Waals surface area contributed by atoms with E-state index in [2.05, 4.69) is 21.3 Å². The Morgan fingerprint density at radius 1 is 0.417 bits per heavy atom. The Balaban J connectivity index is 5.51. The second-order valence-corrected chi connectivity index (χ2v) is 25.2. The summed E-state index contributed by atoms with van der Waals surface area (Å²) in [4.78, 5) is 95.7. The first-order valence-corrected chi connectivity index (χ1v) is 32.9. The van der Waals surface area contributed by atoms with Gasteiger partial charge in [-0.2, -0.15) is 11.8 Å². The molecule has 418 valence electrons. The van der Waals surface area contributed by atoms with Gasteiger partial charge in [0.2, 0.25) is 23.6 Å². The highest BCUT2D eigenvalue weighted by atomic mass is 33.1. The maximum absolute atomic E-state index is 12.4. The molecule has 0 rings (SSSR count). The first kappa shape index (κ1) is 70.0. The van der Waals surface area contributed by atoms with Gasteiger partial charge in [-0.1, -0.05) is 84.5 Å². The zero-order valence-corrected chi connectivity index (χ0v) is 47.5. The quantitative estimate of drug-likeness (QED) is 0.0303. The molecule has 0 aromatic heterocycles. The van der Waals surface area contributed by atoms with Gasteiger partial charge in [-0.05, 0) is 94.1 Å². The largest absolute Gasteiger partial charge is 0.480 e. The van der Waals surface area contributed by atoms with Crippen molar-refractivity contribution in [3.05, 3.63) is 0 Å². The highest BCUT2D eigenvalue weighted by molar-refractivity contribution is 8.77. The Kier molecular flexibility index (Phi) is 46.1.